The molecule has 1 N–H and O–H groups in total. The average Bonchev–Trinajstić information content (AvgIpc) is 3.02. The molecular formula is C17H18N4. The molecule has 0 aliphatic heterocycles. The van der Waals surface area contributed by atoms with Crippen LogP contribution >= 0.6 is 0 Å². The van der Waals surface area contributed by atoms with Gasteiger partial charge < -0.3 is 5.32 Å². The zero-order chi connectivity index (χ0) is 14.7. The van der Waals surface area contributed by atoms with Crippen LogP contribution in [0.2, 0.25) is 0 Å². The average molecular weight is 278 g/mol. The minimum Gasteiger partial charge on any atom is -0.375 e. The van der Waals surface area contributed by atoms with Gasteiger partial charge in [0, 0.05) is 24.6 Å². The van der Waals surface area contributed by atoms with Crippen LogP contribution in [0.4, 0.5) is 5.69 Å². The molecule has 1 atom stereocenters. The van der Waals surface area contributed by atoms with Gasteiger partial charge in [0.15, 0.2) is 5.82 Å². The molecule has 0 amide bonds. The number of rotatable bonds is 4. The number of anilines is 1. The van der Waals surface area contributed by atoms with E-state index in [1.165, 1.54) is 11.1 Å². The predicted molar refractivity (Wildman–Crippen MR) is 84.6 cm³/mol. The second-order valence-electron chi connectivity index (χ2n) is 5.11. The Morgan fingerprint density at radius 2 is 2.00 bits per heavy atom. The molecule has 21 heavy (non-hydrogen) atoms. The van der Waals surface area contributed by atoms with Gasteiger partial charge in [-0.15, -0.1) is 0 Å². The number of nitrogens with zero attached hydrogens (tertiary/aromatic N) is 3. The third-order valence-corrected chi connectivity index (χ3v) is 3.42. The lowest BCUT2D eigenvalue weighted by Crippen LogP contribution is -2.10. The molecule has 1 unspecified atom stereocenters. The number of hydrogen-bond acceptors (Lipinski definition) is 3. The van der Waals surface area contributed by atoms with E-state index >= 15 is 0 Å². The van der Waals surface area contributed by atoms with E-state index in [4.69, 9.17) is 0 Å². The molecule has 106 valence electrons. The molecule has 4 heteroatoms. The first-order valence-electron chi connectivity index (χ1n) is 7.02. The van der Waals surface area contributed by atoms with E-state index in [1.54, 1.807) is 17.1 Å². The molecule has 2 heterocycles. The summed E-state index contributed by atoms with van der Waals surface area (Å²) in [5.41, 5.74) is 3.49. The number of aromatic nitrogens is 3. The minimum atomic E-state index is 0.198. The van der Waals surface area contributed by atoms with Crippen molar-refractivity contribution >= 4 is 5.69 Å². The molecule has 3 rings (SSSR count). The Kier molecular flexibility index (Phi) is 3.69. The Bertz CT molecular complexity index is 719. The fourth-order valence-electron chi connectivity index (χ4n) is 2.34. The second kappa shape index (κ2) is 5.79. The van der Waals surface area contributed by atoms with Gasteiger partial charge in [0.05, 0.1) is 5.69 Å². The van der Waals surface area contributed by atoms with Crippen LogP contribution in [0.25, 0.3) is 5.82 Å². The molecule has 0 bridgehead atoms. The quantitative estimate of drug-likeness (QED) is 0.790. The number of pyridine rings is 1. The molecular weight excluding hydrogens is 260 g/mol. The topological polar surface area (TPSA) is 42.7 Å². The van der Waals surface area contributed by atoms with E-state index in [-0.39, 0.29) is 6.04 Å². The molecule has 0 saturated carbocycles. The number of hydrogen-bond donors (Lipinski definition) is 1. The lowest BCUT2D eigenvalue weighted by Gasteiger charge is -2.18. The Labute approximate surface area is 124 Å². The van der Waals surface area contributed by atoms with Crippen molar-refractivity contribution in [3.05, 3.63) is 72.2 Å². The molecule has 0 aliphatic carbocycles. The lowest BCUT2D eigenvalue weighted by molar-refractivity contribution is 0.829. The predicted octanol–water partition coefficient (Wildman–Crippen LogP) is 3.75. The highest BCUT2D eigenvalue weighted by Gasteiger charge is 2.10. The van der Waals surface area contributed by atoms with E-state index in [0.29, 0.717) is 0 Å². The van der Waals surface area contributed by atoms with Gasteiger partial charge in [-0.1, -0.05) is 29.8 Å². The second-order valence-corrected chi connectivity index (χ2v) is 5.11. The maximum Gasteiger partial charge on any atom is 0.176 e. The normalized spacial score (nSPS) is 12.1. The molecule has 0 saturated heterocycles. The fraction of sp³-hybridized carbons (Fsp3) is 0.176. The summed E-state index contributed by atoms with van der Waals surface area (Å²) in [6, 6.07) is 14.6. The first-order chi connectivity index (χ1) is 10.2. The van der Waals surface area contributed by atoms with Crippen molar-refractivity contribution in [2.24, 2.45) is 0 Å². The molecule has 0 radical (unpaired) electrons. The Morgan fingerprint density at radius 1 is 1.10 bits per heavy atom. The minimum absolute atomic E-state index is 0.198. The molecule has 0 aliphatic rings. The Morgan fingerprint density at radius 3 is 2.76 bits per heavy atom. The van der Waals surface area contributed by atoms with E-state index < -0.39 is 0 Å². The fourth-order valence-corrected chi connectivity index (χ4v) is 2.34. The van der Waals surface area contributed by atoms with Crippen LogP contribution in [0.3, 0.4) is 0 Å². The molecule has 4 nitrogen and oxygen atoms in total. The summed E-state index contributed by atoms with van der Waals surface area (Å²) in [6.45, 7) is 4.25. The third kappa shape index (κ3) is 2.94. The van der Waals surface area contributed by atoms with Crippen molar-refractivity contribution in [1.82, 2.24) is 14.8 Å². The number of benzene rings is 1. The SMILES string of the molecule is Cc1cccc(C(C)Nc2cccnc2-n2cccn2)c1. The standard InChI is InChI=1S/C17H18N4/c1-13-6-3-7-15(12-13)14(2)20-16-8-4-9-18-17(16)21-11-5-10-19-21/h3-12,14,20H,1-2H3. The van der Waals surface area contributed by atoms with E-state index in [1.807, 2.05) is 24.4 Å². The summed E-state index contributed by atoms with van der Waals surface area (Å²) in [7, 11) is 0. The lowest BCUT2D eigenvalue weighted by atomic mass is 10.1. The van der Waals surface area contributed by atoms with Gasteiger partial charge in [-0.2, -0.15) is 5.10 Å². The van der Waals surface area contributed by atoms with Crippen molar-refractivity contribution < 1.29 is 0 Å². The van der Waals surface area contributed by atoms with Gasteiger partial charge in [0.25, 0.3) is 0 Å². The number of nitrogens with one attached hydrogen (secondary N) is 1. The summed E-state index contributed by atoms with van der Waals surface area (Å²) in [6.07, 6.45) is 5.42. The van der Waals surface area contributed by atoms with Crippen molar-refractivity contribution in [3.63, 3.8) is 0 Å². The maximum atomic E-state index is 4.42. The molecule has 1 aromatic carbocycles. The first kappa shape index (κ1) is 13.4. The summed E-state index contributed by atoms with van der Waals surface area (Å²) in [4.78, 5) is 4.42. The summed E-state index contributed by atoms with van der Waals surface area (Å²) in [5, 5.41) is 7.77. The van der Waals surface area contributed by atoms with Crippen molar-refractivity contribution in [2.75, 3.05) is 5.32 Å². The smallest absolute Gasteiger partial charge is 0.176 e. The summed E-state index contributed by atoms with van der Waals surface area (Å²) in [5.74, 6) is 0.807. The third-order valence-electron chi connectivity index (χ3n) is 3.42. The van der Waals surface area contributed by atoms with Gasteiger partial charge in [0.1, 0.15) is 0 Å². The first-order valence-corrected chi connectivity index (χ1v) is 7.02. The maximum absolute atomic E-state index is 4.42. The van der Waals surface area contributed by atoms with Crippen LogP contribution in [0, 0.1) is 6.92 Å². The monoisotopic (exact) mass is 278 g/mol. The van der Waals surface area contributed by atoms with Crippen molar-refractivity contribution in [3.8, 4) is 5.82 Å². The molecule has 0 fully saturated rings. The van der Waals surface area contributed by atoms with E-state index in [2.05, 4.69) is 53.5 Å². The Hall–Kier alpha value is -2.62. The zero-order valence-electron chi connectivity index (χ0n) is 12.2. The van der Waals surface area contributed by atoms with Crippen molar-refractivity contribution in [2.45, 2.75) is 19.9 Å². The molecule has 2 aromatic heterocycles. The van der Waals surface area contributed by atoms with Crippen LogP contribution < -0.4 is 5.32 Å². The molecule has 3 aromatic rings. The van der Waals surface area contributed by atoms with Gasteiger partial charge in [-0.25, -0.2) is 9.67 Å². The van der Waals surface area contributed by atoms with Gasteiger partial charge in [0.2, 0.25) is 0 Å². The van der Waals surface area contributed by atoms with Crippen LogP contribution in [0.1, 0.15) is 24.1 Å². The van der Waals surface area contributed by atoms with Gasteiger partial charge in [-0.05, 0) is 37.6 Å². The van der Waals surface area contributed by atoms with E-state index in [9.17, 15) is 0 Å². The Balaban J connectivity index is 1.88. The largest absolute Gasteiger partial charge is 0.375 e. The van der Waals surface area contributed by atoms with Crippen LogP contribution in [0.15, 0.2) is 61.1 Å². The van der Waals surface area contributed by atoms with Crippen LogP contribution in [-0.2, 0) is 0 Å². The summed E-state index contributed by atoms with van der Waals surface area (Å²) < 4.78 is 1.77. The zero-order valence-corrected chi connectivity index (χ0v) is 12.2. The van der Waals surface area contributed by atoms with E-state index in [0.717, 1.165) is 11.5 Å². The van der Waals surface area contributed by atoms with Crippen LogP contribution in [0.5, 0.6) is 0 Å². The van der Waals surface area contributed by atoms with Gasteiger partial charge >= 0.3 is 0 Å². The number of aryl methyl sites for hydroxylation is 1. The highest BCUT2D eigenvalue weighted by atomic mass is 15.3. The molecule has 0 spiro atoms. The highest BCUT2D eigenvalue weighted by molar-refractivity contribution is 5.57. The van der Waals surface area contributed by atoms with Crippen LogP contribution in [-0.4, -0.2) is 14.8 Å². The van der Waals surface area contributed by atoms with Gasteiger partial charge in [-0.3, -0.25) is 0 Å². The highest BCUT2D eigenvalue weighted by Crippen LogP contribution is 2.23. The van der Waals surface area contributed by atoms with Crippen molar-refractivity contribution in [1.29, 1.82) is 0 Å². The summed E-state index contributed by atoms with van der Waals surface area (Å²) >= 11 is 0.